The summed E-state index contributed by atoms with van der Waals surface area (Å²) in [6.07, 6.45) is 3.77. The first-order valence-corrected chi connectivity index (χ1v) is 4.97. The fraction of sp³-hybridized carbons (Fsp3) is 0.444. The number of nitrogens with zero attached hydrogens (tertiary/aromatic N) is 3. The SMILES string of the molecule is Nc1ncnc2nc(C(N)C3CC3)[nH]c12. The van der Waals surface area contributed by atoms with E-state index in [1.165, 1.54) is 19.2 Å². The van der Waals surface area contributed by atoms with Gasteiger partial charge in [-0.3, -0.25) is 0 Å². The van der Waals surface area contributed by atoms with Crippen LogP contribution in [0.15, 0.2) is 6.33 Å². The number of aromatic amines is 1. The number of nitrogens with two attached hydrogens (primary N) is 2. The van der Waals surface area contributed by atoms with Gasteiger partial charge in [0.1, 0.15) is 17.7 Å². The lowest BCUT2D eigenvalue weighted by molar-refractivity contribution is 0.602. The maximum atomic E-state index is 6.03. The summed E-state index contributed by atoms with van der Waals surface area (Å²) >= 11 is 0. The van der Waals surface area contributed by atoms with E-state index in [-0.39, 0.29) is 6.04 Å². The van der Waals surface area contributed by atoms with Crippen LogP contribution >= 0.6 is 0 Å². The molecule has 5 N–H and O–H groups in total. The summed E-state index contributed by atoms with van der Waals surface area (Å²) < 4.78 is 0. The molecule has 1 aliphatic carbocycles. The highest BCUT2D eigenvalue weighted by Gasteiger charge is 2.31. The van der Waals surface area contributed by atoms with Gasteiger partial charge in [0, 0.05) is 0 Å². The Labute approximate surface area is 86.1 Å². The van der Waals surface area contributed by atoms with E-state index in [0.29, 0.717) is 22.9 Å². The van der Waals surface area contributed by atoms with Crippen LogP contribution in [0.1, 0.15) is 24.7 Å². The summed E-state index contributed by atoms with van der Waals surface area (Å²) in [7, 11) is 0. The zero-order valence-corrected chi connectivity index (χ0v) is 8.14. The molecule has 6 heteroatoms. The molecule has 2 aromatic rings. The van der Waals surface area contributed by atoms with Crippen LogP contribution in [0.2, 0.25) is 0 Å². The first-order valence-electron chi connectivity index (χ1n) is 4.97. The number of nitrogens with one attached hydrogen (secondary N) is 1. The summed E-state index contributed by atoms with van der Waals surface area (Å²) in [5.74, 6) is 1.74. The van der Waals surface area contributed by atoms with Crippen LogP contribution in [0.25, 0.3) is 11.2 Å². The van der Waals surface area contributed by atoms with Gasteiger partial charge in [-0.25, -0.2) is 15.0 Å². The van der Waals surface area contributed by atoms with Crippen molar-refractivity contribution in [1.82, 2.24) is 19.9 Å². The highest BCUT2D eigenvalue weighted by Crippen LogP contribution is 2.38. The fourth-order valence-electron chi connectivity index (χ4n) is 1.70. The lowest BCUT2D eigenvalue weighted by atomic mass is 10.2. The van der Waals surface area contributed by atoms with Crippen LogP contribution in [-0.4, -0.2) is 19.9 Å². The van der Waals surface area contributed by atoms with Gasteiger partial charge >= 0.3 is 0 Å². The van der Waals surface area contributed by atoms with Gasteiger partial charge < -0.3 is 16.5 Å². The zero-order chi connectivity index (χ0) is 10.4. The molecule has 2 heterocycles. The third kappa shape index (κ3) is 1.33. The third-order valence-corrected chi connectivity index (χ3v) is 2.78. The maximum absolute atomic E-state index is 6.03. The predicted molar refractivity (Wildman–Crippen MR) is 55.7 cm³/mol. The molecule has 1 unspecified atom stereocenters. The Morgan fingerprint density at radius 2 is 2.20 bits per heavy atom. The van der Waals surface area contributed by atoms with Gasteiger partial charge in [0.25, 0.3) is 0 Å². The van der Waals surface area contributed by atoms with Crippen molar-refractivity contribution in [2.75, 3.05) is 5.73 Å². The van der Waals surface area contributed by atoms with E-state index in [4.69, 9.17) is 11.5 Å². The van der Waals surface area contributed by atoms with Crippen LogP contribution in [0.4, 0.5) is 5.82 Å². The van der Waals surface area contributed by atoms with Crippen LogP contribution in [0.3, 0.4) is 0 Å². The molecule has 1 aliphatic rings. The molecule has 2 aromatic heterocycles. The average molecular weight is 204 g/mol. The van der Waals surface area contributed by atoms with Crippen LogP contribution < -0.4 is 11.5 Å². The van der Waals surface area contributed by atoms with E-state index in [9.17, 15) is 0 Å². The third-order valence-electron chi connectivity index (χ3n) is 2.78. The zero-order valence-electron chi connectivity index (χ0n) is 8.14. The summed E-state index contributed by atoms with van der Waals surface area (Å²) in [4.78, 5) is 15.4. The van der Waals surface area contributed by atoms with Crippen molar-refractivity contribution in [2.45, 2.75) is 18.9 Å². The Morgan fingerprint density at radius 1 is 1.40 bits per heavy atom. The van der Waals surface area contributed by atoms with E-state index >= 15 is 0 Å². The normalized spacial score (nSPS) is 18.2. The molecule has 0 amide bonds. The summed E-state index contributed by atoms with van der Waals surface area (Å²) in [5.41, 5.74) is 13.0. The molecule has 1 fully saturated rings. The Bertz CT molecular complexity index is 500. The van der Waals surface area contributed by atoms with Crippen molar-refractivity contribution in [3.05, 3.63) is 12.2 Å². The average Bonchev–Trinajstić information content (AvgIpc) is 2.97. The minimum Gasteiger partial charge on any atom is -0.382 e. The number of aromatic nitrogens is 4. The molecule has 0 aromatic carbocycles. The van der Waals surface area contributed by atoms with Gasteiger partial charge in [-0.2, -0.15) is 0 Å². The first-order chi connectivity index (χ1) is 7.25. The topological polar surface area (TPSA) is 106 Å². The second-order valence-corrected chi connectivity index (χ2v) is 3.94. The number of imidazole rings is 1. The highest BCUT2D eigenvalue weighted by atomic mass is 15.1. The summed E-state index contributed by atoms with van der Waals surface area (Å²) in [6.45, 7) is 0. The molecule has 0 spiro atoms. The van der Waals surface area contributed by atoms with Crippen molar-refractivity contribution >= 4 is 17.0 Å². The molecule has 1 saturated carbocycles. The van der Waals surface area contributed by atoms with Gasteiger partial charge in [-0.1, -0.05) is 0 Å². The molecule has 15 heavy (non-hydrogen) atoms. The van der Waals surface area contributed by atoms with E-state index in [2.05, 4.69) is 19.9 Å². The lowest BCUT2D eigenvalue weighted by Gasteiger charge is -2.04. The molecule has 0 aliphatic heterocycles. The number of nitrogen functional groups attached to an aromatic ring is 1. The van der Waals surface area contributed by atoms with Gasteiger partial charge in [-0.15, -0.1) is 0 Å². The van der Waals surface area contributed by atoms with Crippen LogP contribution in [0.5, 0.6) is 0 Å². The quantitative estimate of drug-likeness (QED) is 0.654. The minimum absolute atomic E-state index is 0.0291. The van der Waals surface area contributed by atoms with E-state index in [1.807, 2.05) is 0 Å². The Morgan fingerprint density at radius 3 is 2.87 bits per heavy atom. The molecule has 6 nitrogen and oxygen atoms in total. The number of hydrogen-bond donors (Lipinski definition) is 3. The molecular formula is C9H12N6. The van der Waals surface area contributed by atoms with Crippen molar-refractivity contribution < 1.29 is 0 Å². The molecule has 0 radical (unpaired) electrons. The number of hydrogen-bond acceptors (Lipinski definition) is 5. The van der Waals surface area contributed by atoms with E-state index in [0.717, 1.165) is 5.82 Å². The van der Waals surface area contributed by atoms with Crippen molar-refractivity contribution in [1.29, 1.82) is 0 Å². The van der Waals surface area contributed by atoms with Crippen molar-refractivity contribution in [3.63, 3.8) is 0 Å². The van der Waals surface area contributed by atoms with Gasteiger partial charge in [0.15, 0.2) is 11.5 Å². The molecular weight excluding hydrogens is 192 g/mol. The van der Waals surface area contributed by atoms with Crippen molar-refractivity contribution in [2.24, 2.45) is 11.7 Å². The largest absolute Gasteiger partial charge is 0.382 e. The Balaban J connectivity index is 2.09. The molecule has 0 saturated heterocycles. The first kappa shape index (κ1) is 8.60. The van der Waals surface area contributed by atoms with Crippen molar-refractivity contribution in [3.8, 4) is 0 Å². The van der Waals surface area contributed by atoms with Gasteiger partial charge in [0.2, 0.25) is 0 Å². The van der Waals surface area contributed by atoms with Crippen LogP contribution in [-0.2, 0) is 0 Å². The summed E-state index contributed by atoms with van der Waals surface area (Å²) in [5, 5.41) is 0. The highest BCUT2D eigenvalue weighted by molar-refractivity contribution is 5.81. The van der Waals surface area contributed by atoms with Gasteiger partial charge in [-0.05, 0) is 18.8 Å². The molecule has 3 rings (SSSR count). The Kier molecular flexibility index (Phi) is 1.66. The van der Waals surface area contributed by atoms with Gasteiger partial charge in [0.05, 0.1) is 6.04 Å². The Hall–Kier alpha value is -1.69. The fourth-order valence-corrected chi connectivity index (χ4v) is 1.70. The second kappa shape index (κ2) is 2.90. The molecule has 78 valence electrons. The lowest BCUT2D eigenvalue weighted by Crippen LogP contribution is -2.13. The minimum atomic E-state index is -0.0291. The predicted octanol–water partition coefficient (Wildman–Crippen LogP) is 0.345. The molecule has 1 atom stereocenters. The van der Waals surface area contributed by atoms with E-state index < -0.39 is 0 Å². The monoisotopic (exact) mass is 204 g/mol. The maximum Gasteiger partial charge on any atom is 0.183 e. The smallest absolute Gasteiger partial charge is 0.183 e. The van der Waals surface area contributed by atoms with E-state index in [1.54, 1.807) is 0 Å². The number of H-pyrrole nitrogens is 1. The number of anilines is 1. The molecule has 0 bridgehead atoms. The standard InChI is InChI=1S/C9H12N6/c10-5(4-1-2-4)8-14-6-7(11)12-3-13-9(6)15-8/h3-5H,1-2,10H2,(H3,11,12,13,14,15). The second-order valence-electron chi connectivity index (χ2n) is 3.94. The number of rotatable bonds is 2. The summed E-state index contributed by atoms with van der Waals surface area (Å²) in [6, 6.07) is -0.0291. The van der Waals surface area contributed by atoms with Crippen LogP contribution in [0, 0.1) is 5.92 Å². The number of fused-ring (bicyclic) bond motifs is 1.